The number of benzene rings is 1. The molecule has 1 aliphatic rings. The summed E-state index contributed by atoms with van der Waals surface area (Å²) in [6.07, 6.45) is 5.43. The minimum absolute atomic E-state index is 0.0856. The highest BCUT2D eigenvalue weighted by Crippen LogP contribution is 2.36. The number of hydrogen-bond acceptors (Lipinski definition) is 2. The lowest BCUT2D eigenvalue weighted by molar-refractivity contribution is 0.299. The molecule has 2 nitrogen and oxygen atoms in total. The van der Waals surface area contributed by atoms with Gasteiger partial charge < -0.3 is 10.8 Å². The van der Waals surface area contributed by atoms with E-state index in [-0.39, 0.29) is 12.1 Å². The molecule has 2 heteroatoms. The van der Waals surface area contributed by atoms with Crippen molar-refractivity contribution in [1.29, 1.82) is 0 Å². The van der Waals surface area contributed by atoms with Crippen LogP contribution >= 0.6 is 0 Å². The minimum atomic E-state index is -0.0856. The third kappa shape index (κ3) is 2.21. The van der Waals surface area contributed by atoms with Crippen molar-refractivity contribution in [2.45, 2.75) is 37.6 Å². The Morgan fingerprint density at radius 1 is 1.13 bits per heavy atom. The number of aliphatic hydroxyl groups is 1. The summed E-state index contributed by atoms with van der Waals surface area (Å²) in [6, 6.07) is 8.41. The number of rotatable bonds is 3. The van der Waals surface area contributed by atoms with Crippen LogP contribution in [0.25, 0.3) is 0 Å². The van der Waals surface area contributed by atoms with Crippen molar-refractivity contribution in [3.8, 4) is 0 Å². The monoisotopic (exact) mass is 205 g/mol. The zero-order chi connectivity index (χ0) is 10.7. The molecule has 2 rings (SSSR count). The van der Waals surface area contributed by atoms with Crippen LogP contribution in [0.1, 0.15) is 36.8 Å². The molecule has 1 fully saturated rings. The van der Waals surface area contributed by atoms with Crippen LogP contribution in [0, 0.1) is 0 Å². The van der Waals surface area contributed by atoms with E-state index in [1.54, 1.807) is 0 Å². The summed E-state index contributed by atoms with van der Waals surface area (Å²) in [5.41, 5.74) is 8.70. The van der Waals surface area contributed by atoms with Gasteiger partial charge in [0.2, 0.25) is 0 Å². The Hall–Kier alpha value is -0.860. The maximum absolute atomic E-state index is 8.83. The van der Waals surface area contributed by atoms with Crippen molar-refractivity contribution in [2.75, 3.05) is 6.61 Å². The second-order valence-electron chi connectivity index (χ2n) is 4.53. The Morgan fingerprint density at radius 3 is 2.27 bits per heavy atom. The van der Waals surface area contributed by atoms with Crippen molar-refractivity contribution in [3.05, 3.63) is 35.4 Å². The highest BCUT2D eigenvalue weighted by Gasteiger charge is 2.30. The number of aliphatic hydroxyl groups excluding tert-OH is 1. The van der Waals surface area contributed by atoms with Crippen LogP contribution in [-0.2, 0) is 12.0 Å². The van der Waals surface area contributed by atoms with Crippen LogP contribution in [0.3, 0.4) is 0 Å². The average Bonchev–Trinajstić information content (AvgIpc) is 2.68. The molecule has 0 aliphatic heterocycles. The average molecular weight is 205 g/mol. The van der Waals surface area contributed by atoms with Crippen molar-refractivity contribution in [3.63, 3.8) is 0 Å². The molecule has 1 aliphatic carbocycles. The van der Waals surface area contributed by atoms with E-state index in [1.807, 2.05) is 0 Å². The Kier molecular flexibility index (Phi) is 3.08. The molecule has 1 saturated carbocycles. The van der Waals surface area contributed by atoms with E-state index in [0.717, 1.165) is 19.3 Å². The fourth-order valence-corrected chi connectivity index (χ4v) is 2.43. The summed E-state index contributed by atoms with van der Waals surface area (Å²) >= 11 is 0. The van der Waals surface area contributed by atoms with E-state index in [4.69, 9.17) is 10.8 Å². The van der Waals surface area contributed by atoms with E-state index >= 15 is 0 Å². The Labute approximate surface area is 91.1 Å². The summed E-state index contributed by atoms with van der Waals surface area (Å²) in [5, 5.41) is 8.83. The molecule has 1 aromatic rings. The highest BCUT2D eigenvalue weighted by atomic mass is 16.2. The normalized spacial score (nSPS) is 19.3. The van der Waals surface area contributed by atoms with Crippen LogP contribution in [0.4, 0.5) is 0 Å². The van der Waals surface area contributed by atoms with Gasteiger partial charge in [-0.25, -0.2) is 0 Å². The molecule has 0 atom stereocenters. The lowest BCUT2D eigenvalue weighted by Gasteiger charge is -2.24. The van der Waals surface area contributed by atoms with Gasteiger partial charge in [-0.3, -0.25) is 0 Å². The standard InChI is InChI=1S/C13H19NO/c14-13(8-1-2-9-13)12-5-3-11(4-6-12)7-10-15/h3-6,15H,1-2,7-10,14H2. The second kappa shape index (κ2) is 4.33. The Balaban J connectivity index is 2.15. The predicted octanol–water partition coefficient (Wildman–Crippen LogP) is 1.95. The van der Waals surface area contributed by atoms with Gasteiger partial charge in [-0.05, 0) is 30.4 Å². The fraction of sp³-hybridized carbons (Fsp3) is 0.538. The number of hydrogen-bond donors (Lipinski definition) is 2. The fourth-order valence-electron chi connectivity index (χ4n) is 2.43. The molecule has 1 aromatic carbocycles. The molecule has 0 heterocycles. The molecule has 0 radical (unpaired) electrons. The lowest BCUT2D eigenvalue weighted by Crippen LogP contribution is -2.32. The van der Waals surface area contributed by atoms with Crippen LogP contribution < -0.4 is 5.73 Å². The van der Waals surface area contributed by atoms with Crippen molar-refractivity contribution in [2.24, 2.45) is 5.73 Å². The first kappa shape index (κ1) is 10.7. The van der Waals surface area contributed by atoms with Gasteiger partial charge in [0.25, 0.3) is 0 Å². The molecule has 0 saturated heterocycles. The van der Waals surface area contributed by atoms with E-state index in [2.05, 4.69) is 24.3 Å². The molecule has 0 spiro atoms. The van der Waals surface area contributed by atoms with E-state index < -0.39 is 0 Å². The first-order valence-electron chi connectivity index (χ1n) is 5.74. The summed E-state index contributed by atoms with van der Waals surface area (Å²) in [7, 11) is 0. The van der Waals surface area contributed by atoms with Crippen LogP contribution in [0.2, 0.25) is 0 Å². The number of nitrogens with two attached hydrogens (primary N) is 1. The van der Waals surface area contributed by atoms with Crippen molar-refractivity contribution >= 4 is 0 Å². The quantitative estimate of drug-likeness (QED) is 0.792. The van der Waals surface area contributed by atoms with Gasteiger partial charge in [0.1, 0.15) is 0 Å². The summed E-state index contributed by atoms with van der Waals surface area (Å²) in [6.45, 7) is 0.215. The molecule has 0 unspecified atom stereocenters. The van der Waals surface area contributed by atoms with Crippen LogP contribution in [0.5, 0.6) is 0 Å². The highest BCUT2D eigenvalue weighted by molar-refractivity contribution is 5.29. The van der Waals surface area contributed by atoms with Gasteiger partial charge in [0, 0.05) is 12.1 Å². The topological polar surface area (TPSA) is 46.2 Å². The predicted molar refractivity (Wildman–Crippen MR) is 61.6 cm³/mol. The van der Waals surface area contributed by atoms with Gasteiger partial charge in [-0.1, -0.05) is 37.1 Å². The zero-order valence-corrected chi connectivity index (χ0v) is 9.08. The molecule has 3 N–H and O–H groups in total. The smallest absolute Gasteiger partial charge is 0.0471 e. The molecule has 0 aromatic heterocycles. The van der Waals surface area contributed by atoms with Crippen LogP contribution in [0.15, 0.2) is 24.3 Å². The molecule has 82 valence electrons. The molecular weight excluding hydrogens is 186 g/mol. The Bertz CT molecular complexity index is 312. The first-order valence-corrected chi connectivity index (χ1v) is 5.74. The zero-order valence-electron chi connectivity index (χ0n) is 9.08. The SMILES string of the molecule is NC1(c2ccc(CCO)cc2)CCCC1. The van der Waals surface area contributed by atoms with Gasteiger partial charge in [-0.2, -0.15) is 0 Å². The van der Waals surface area contributed by atoms with Gasteiger partial charge in [0.05, 0.1) is 0 Å². The second-order valence-corrected chi connectivity index (χ2v) is 4.53. The minimum Gasteiger partial charge on any atom is -0.396 e. The molecule has 0 amide bonds. The van der Waals surface area contributed by atoms with Crippen molar-refractivity contribution in [1.82, 2.24) is 0 Å². The van der Waals surface area contributed by atoms with E-state index in [0.29, 0.717) is 0 Å². The molecular formula is C13H19NO. The maximum Gasteiger partial charge on any atom is 0.0471 e. The van der Waals surface area contributed by atoms with E-state index in [9.17, 15) is 0 Å². The summed E-state index contributed by atoms with van der Waals surface area (Å²) in [4.78, 5) is 0. The van der Waals surface area contributed by atoms with Crippen LogP contribution in [-0.4, -0.2) is 11.7 Å². The maximum atomic E-state index is 8.83. The Morgan fingerprint density at radius 2 is 1.73 bits per heavy atom. The van der Waals surface area contributed by atoms with Gasteiger partial charge >= 0.3 is 0 Å². The van der Waals surface area contributed by atoms with Crippen molar-refractivity contribution < 1.29 is 5.11 Å². The third-order valence-corrected chi connectivity index (χ3v) is 3.43. The largest absolute Gasteiger partial charge is 0.396 e. The third-order valence-electron chi connectivity index (χ3n) is 3.43. The van der Waals surface area contributed by atoms with Gasteiger partial charge in [-0.15, -0.1) is 0 Å². The first-order chi connectivity index (χ1) is 7.24. The lowest BCUT2D eigenvalue weighted by atomic mass is 9.89. The molecule has 0 bridgehead atoms. The van der Waals surface area contributed by atoms with Gasteiger partial charge in [0.15, 0.2) is 0 Å². The molecule has 15 heavy (non-hydrogen) atoms. The van der Waals surface area contributed by atoms with E-state index in [1.165, 1.54) is 24.0 Å². The summed E-state index contributed by atoms with van der Waals surface area (Å²) < 4.78 is 0. The summed E-state index contributed by atoms with van der Waals surface area (Å²) in [5.74, 6) is 0.